The number of imidazole rings is 1. The molecule has 1 aromatic carbocycles. The van der Waals surface area contributed by atoms with Crippen LogP contribution in [0.25, 0.3) is 0 Å². The Hall–Kier alpha value is -1.90. The van der Waals surface area contributed by atoms with Gasteiger partial charge in [-0.05, 0) is 52.3 Å². The molecule has 148 valence electrons. The first-order chi connectivity index (χ1) is 12.5. The van der Waals surface area contributed by atoms with Crippen molar-refractivity contribution in [2.75, 3.05) is 6.54 Å². The molecule has 2 aromatic rings. The lowest BCUT2D eigenvalue weighted by atomic mass is 10.1. The highest BCUT2D eigenvalue weighted by atomic mass is 35.5. The molecule has 0 aliphatic heterocycles. The van der Waals surface area contributed by atoms with Gasteiger partial charge < -0.3 is 9.88 Å². The molecule has 1 amide bonds. The van der Waals surface area contributed by atoms with Crippen LogP contribution >= 0.6 is 11.6 Å². The van der Waals surface area contributed by atoms with Crippen LogP contribution in [0.4, 0.5) is 0 Å². The minimum Gasteiger partial charge on any atom is -0.352 e. The first-order valence-electron chi connectivity index (χ1n) is 8.59. The zero-order valence-electron chi connectivity index (χ0n) is 15.9. The number of nitrogens with one attached hydrogen (secondary N) is 2. The lowest BCUT2D eigenvalue weighted by Crippen LogP contribution is -2.40. The van der Waals surface area contributed by atoms with Crippen molar-refractivity contribution in [1.82, 2.24) is 19.6 Å². The predicted octanol–water partition coefficient (Wildman–Crippen LogP) is 2.74. The van der Waals surface area contributed by atoms with E-state index in [0.717, 1.165) is 18.8 Å². The Kier molecular flexibility index (Phi) is 6.67. The standard InChI is InChI=1S/C18H25ClN4O3S/c1-13-20-9-11-23(13)10-5-8-21-17(24)14-6-7-15(19)16(12-14)27(25,26)22-18(2,3)4/h6-7,9,11-12,22H,5,8,10H2,1-4H3,(H,21,24). The Balaban J connectivity index is 2.03. The number of rotatable bonds is 7. The summed E-state index contributed by atoms with van der Waals surface area (Å²) >= 11 is 6.05. The fraction of sp³-hybridized carbons (Fsp3) is 0.444. The molecule has 0 saturated carbocycles. The summed E-state index contributed by atoms with van der Waals surface area (Å²) in [6.45, 7) is 8.31. The van der Waals surface area contributed by atoms with Crippen LogP contribution in [0.15, 0.2) is 35.5 Å². The maximum atomic E-state index is 12.5. The topological polar surface area (TPSA) is 93.1 Å². The third-order valence-corrected chi connectivity index (χ3v) is 5.95. The van der Waals surface area contributed by atoms with Gasteiger partial charge in [0, 0.05) is 36.6 Å². The minimum absolute atomic E-state index is 0.0684. The average Bonchev–Trinajstić information content (AvgIpc) is 2.94. The second-order valence-electron chi connectivity index (χ2n) is 7.28. The molecule has 9 heteroatoms. The monoisotopic (exact) mass is 412 g/mol. The van der Waals surface area contributed by atoms with Crippen LogP contribution in [0, 0.1) is 6.92 Å². The van der Waals surface area contributed by atoms with Crippen LogP contribution in [0.1, 0.15) is 43.4 Å². The molecule has 0 bridgehead atoms. The van der Waals surface area contributed by atoms with Crippen molar-refractivity contribution in [3.8, 4) is 0 Å². The summed E-state index contributed by atoms with van der Waals surface area (Å²) in [5.74, 6) is 0.571. The van der Waals surface area contributed by atoms with E-state index >= 15 is 0 Å². The van der Waals surface area contributed by atoms with Gasteiger partial charge in [-0.25, -0.2) is 18.1 Å². The lowest BCUT2D eigenvalue weighted by Gasteiger charge is -2.21. The first-order valence-corrected chi connectivity index (χ1v) is 10.5. The maximum Gasteiger partial charge on any atom is 0.251 e. The Morgan fingerprint density at radius 2 is 2.00 bits per heavy atom. The summed E-state index contributed by atoms with van der Waals surface area (Å²) in [6.07, 6.45) is 4.35. The van der Waals surface area contributed by atoms with Crippen LogP contribution in [-0.2, 0) is 16.6 Å². The summed E-state index contributed by atoms with van der Waals surface area (Å²) < 4.78 is 29.6. The first kappa shape index (κ1) is 21.4. The highest BCUT2D eigenvalue weighted by molar-refractivity contribution is 7.89. The van der Waals surface area contributed by atoms with Crippen molar-refractivity contribution in [1.29, 1.82) is 0 Å². The van der Waals surface area contributed by atoms with Gasteiger partial charge in [0.25, 0.3) is 5.91 Å². The third-order valence-electron chi connectivity index (χ3n) is 3.71. The molecule has 0 spiro atoms. The number of nitrogens with zero attached hydrogens (tertiary/aromatic N) is 2. The molecule has 0 aliphatic carbocycles. The minimum atomic E-state index is -3.84. The maximum absolute atomic E-state index is 12.5. The molecule has 27 heavy (non-hydrogen) atoms. The zero-order chi connectivity index (χ0) is 20.2. The fourth-order valence-corrected chi connectivity index (χ4v) is 4.45. The molecule has 2 rings (SSSR count). The average molecular weight is 413 g/mol. The number of halogens is 1. The van der Waals surface area contributed by atoms with Gasteiger partial charge >= 0.3 is 0 Å². The van der Waals surface area contributed by atoms with Gasteiger partial charge in [-0.3, -0.25) is 4.79 Å². The molecule has 0 atom stereocenters. The van der Waals surface area contributed by atoms with E-state index in [1.807, 2.05) is 17.7 Å². The molecule has 1 heterocycles. The van der Waals surface area contributed by atoms with Gasteiger partial charge in [0.2, 0.25) is 10.0 Å². The summed E-state index contributed by atoms with van der Waals surface area (Å²) in [4.78, 5) is 16.4. The van der Waals surface area contributed by atoms with Crippen molar-refractivity contribution in [2.45, 2.75) is 51.1 Å². The SMILES string of the molecule is Cc1nccn1CCCNC(=O)c1ccc(Cl)c(S(=O)(=O)NC(C)(C)C)c1. The Morgan fingerprint density at radius 3 is 2.59 bits per heavy atom. The highest BCUT2D eigenvalue weighted by Crippen LogP contribution is 2.24. The lowest BCUT2D eigenvalue weighted by molar-refractivity contribution is 0.0952. The van der Waals surface area contributed by atoms with Gasteiger partial charge in [0.1, 0.15) is 10.7 Å². The summed E-state index contributed by atoms with van der Waals surface area (Å²) in [5.41, 5.74) is -0.418. The van der Waals surface area contributed by atoms with Gasteiger partial charge in [-0.1, -0.05) is 11.6 Å². The Bertz CT molecular complexity index is 917. The molecular formula is C18H25ClN4O3S. The molecule has 0 fully saturated rings. The summed E-state index contributed by atoms with van der Waals surface area (Å²) in [7, 11) is -3.84. The van der Waals surface area contributed by atoms with E-state index in [4.69, 9.17) is 11.6 Å². The van der Waals surface area contributed by atoms with Crippen LogP contribution in [0.3, 0.4) is 0 Å². The van der Waals surface area contributed by atoms with Crippen LogP contribution in [0.2, 0.25) is 5.02 Å². The van der Waals surface area contributed by atoms with E-state index in [1.54, 1.807) is 27.0 Å². The van der Waals surface area contributed by atoms with Crippen molar-refractivity contribution >= 4 is 27.5 Å². The Labute approximate surface area is 165 Å². The number of sulfonamides is 1. The van der Waals surface area contributed by atoms with E-state index in [1.165, 1.54) is 18.2 Å². The quantitative estimate of drug-likeness (QED) is 0.684. The van der Waals surface area contributed by atoms with E-state index in [0.29, 0.717) is 6.54 Å². The number of hydrogen-bond donors (Lipinski definition) is 2. The van der Waals surface area contributed by atoms with Crippen molar-refractivity contribution in [3.05, 3.63) is 47.0 Å². The molecule has 0 aliphatic rings. The van der Waals surface area contributed by atoms with Gasteiger partial charge in [0.05, 0.1) is 5.02 Å². The van der Waals surface area contributed by atoms with Crippen molar-refractivity contribution in [2.24, 2.45) is 0 Å². The van der Waals surface area contributed by atoms with Gasteiger partial charge in [-0.2, -0.15) is 0 Å². The third kappa shape index (κ3) is 6.05. The summed E-state index contributed by atoms with van der Waals surface area (Å²) in [6, 6.07) is 4.22. The second kappa shape index (κ2) is 8.41. The van der Waals surface area contributed by atoms with Crippen LogP contribution in [-0.4, -0.2) is 36.0 Å². The van der Waals surface area contributed by atoms with Gasteiger partial charge in [-0.15, -0.1) is 0 Å². The number of hydrogen-bond acceptors (Lipinski definition) is 4. The molecule has 0 unspecified atom stereocenters. The molecule has 0 saturated heterocycles. The van der Waals surface area contributed by atoms with Crippen LogP contribution in [0.5, 0.6) is 0 Å². The molecule has 7 nitrogen and oxygen atoms in total. The van der Waals surface area contributed by atoms with Crippen molar-refractivity contribution in [3.63, 3.8) is 0 Å². The van der Waals surface area contributed by atoms with E-state index in [9.17, 15) is 13.2 Å². The highest BCUT2D eigenvalue weighted by Gasteiger charge is 2.25. The number of amides is 1. The van der Waals surface area contributed by atoms with Crippen molar-refractivity contribution < 1.29 is 13.2 Å². The van der Waals surface area contributed by atoms with Crippen LogP contribution < -0.4 is 10.0 Å². The largest absolute Gasteiger partial charge is 0.352 e. The predicted molar refractivity (Wildman–Crippen MR) is 105 cm³/mol. The number of aryl methyl sites for hydroxylation is 2. The Morgan fingerprint density at radius 1 is 1.30 bits per heavy atom. The van der Waals surface area contributed by atoms with E-state index < -0.39 is 15.6 Å². The summed E-state index contributed by atoms with van der Waals surface area (Å²) in [5, 5.41) is 2.86. The number of carbonyl (C=O) groups is 1. The number of benzene rings is 1. The zero-order valence-corrected chi connectivity index (χ0v) is 17.5. The molecule has 0 radical (unpaired) electrons. The van der Waals surface area contributed by atoms with E-state index in [-0.39, 0.29) is 21.4 Å². The molecular weight excluding hydrogens is 388 g/mol. The fourth-order valence-electron chi connectivity index (χ4n) is 2.50. The molecule has 1 aromatic heterocycles. The molecule has 2 N–H and O–H groups in total. The second-order valence-corrected chi connectivity index (χ2v) is 9.34. The van der Waals surface area contributed by atoms with E-state index in [2.05, 4.69) is 15.0 Å². The smallest absolute Gasteiger partial charge is 0.251 e. The number of aromatic nitrogens is 2. The normalized spacial score (nSPS) is 12.2. The number of carbonyl (C=O) groups excluding carboxylic acids is 1. The van der Waals surface area contributed by atoms with Gasteiger partial charge in [0.15, 0.2) is 0 Å².